The number of hydrogen-bond acceptors (Lipinski definition) is 3. The summed E-state index contributed by atoms with van der Waals surface area (Å²) in [6.07, 6.45) is 1.31. The van der Waals surface area contributed by atoms with Crippen molar-refractivity contribution in [3.8, 4) is 0 Å². The monoisotopic (exact) mass is 324 g/mol. The molecule has 4 nitrogen and oxygen atoms in total. The lowest BCUT2D eigenvalue weighted by Gasteiger charge is -2.22. The molecule has 130 valence electrons. The molecule has 23 heavy (non-hydrogen) atoms. The second kappa shape index (κ2) is 9.98. The maximum absolute atomic E-state index is 14.2. The maximum atomic E-state index is 14.2. The zero-order chi connectivity index (χ0) is 18.0. The van der Waals surface area contributed by atoms with Crippen molar-refractivity contribution < 1.29 is 14.0 Å². The van der Waals surface area contributed by atoms with Crippen LogP contribution in [0.15, 0.2) is 18.2 Å². The normalized spacial score (nSPS) is 11.8. The van der Waals surface area contributed by atoms with Crippen molar-refractivity contribution in [2.75, 3.05) is 12.4 Å². The van der Waals surface area contributed by atoms with Gasteiger partial charge >= 0.3 is 0 Å². The molecule has 0 aliphatic carbocycles. The van der Waals surface area contributed by atoms with Gasteiger partial charge in [0.15, 0.2) is 0 Å². The average Bonchev–Trinajstić information content (AvgIpc) is 2.53. The van der Waals surface area contributed by atoms with Gasteiger partial charge in [-0.1, -0.05) is 40.7 Å². The molecule has 0 radical (unpaired) electrons. The Balaban J connectivity index is 0.00000232. The van der Waals surface area contributed by atoms with Crippen molar-refractivity contribution in [2.24, 2.45) is 0 Å². The standard InChI is InChI=1S/C16H23FN2O2.C2H6/c1-16(2,3)11-7-8-13(12(17)10-11)19-14(6-5-9-20)15(21)18-4;1-2/h7-10,14,19H,5-6H2,1-4H3,(H,18,21);1-2H3. The maximum Gasteiger partial charge on any atom is 0.242 e. The quantitative estimate of drug-likeness (QED) is 0.785. The van der Waals surface area contributed by atoms with Crippen molar-refractivity contribution in [3.05, 3.63) is 29.6 Å². The van der Waals surface area contributed by atoms with Gasteiger partial charge in [0, 0.05) is 13.5 Å². The lowest BCUT2D eigenvalue weighted by Crippen LogP contribution is -2.38. The minimum Gasteiger partial charge on any atom is -0.371 e. The molecular formula is C18H29FN2O2. The number of nitrogens with one attached hydrogen (secondary N) is 2. The predicted octanol–water partition coefficient (Wildman–Crippen LogP) is 3.66. The SMILES string of the molecule is CC.CNC(=O)C(CCC=O)Nc1ccc(C(C)(C)C)cc1F. The average molecular weight is 324 g/mol. The summed E-state index contributed by atoms with van der Waals surface area (Å²) in [6, 6.07) is 4.32. The van der Waals surface area contributed by atoms with Gasteiger partial charge in [-0.3, -0.25) is 4.79 Å². The molecule has 0 bridgehead atoms. The molecule has 5 heteroatoms. The summed E-state index contributed by atoms with van der Waals surface area (Å²) in [5.41, 5.74) is 1.01. The van der Waals surface area contributed by atoms with E-state index in [1.54, 1.807) is 6.07 Å². The van der Waals surface area contributed by atoms with Crippen LogP contribution in [0.3, 0.4) is 0 Å². The van der Waals surface area contributed by atoms with Crippen LogP contribution in [0.2, 0.25) is 0 Å². The van der Waals surface area contributed by atoms with Gasteiger partial charge in [0.05, 0.1) is 5.69 Å². The largest absolute Gasteiger partial charge is 0.371 e. The van der Waals surface area contributed by atoms with Gasteiger partial charge in [0.25, 0.3) is 0 Å². The molecule has 0 fully saturated rings. The van der Waals surface area contributed by atoms with Crippen LogP contribution in [0.25, 0.3) is 0 Å². The molecule has 0 heterocycles. The number of benzene rings is 1. The molecule has 0 aromatic heterocycles. The number of carbonyl (C=O) groups is 2. The molecule has 1 aromatic rings. The number of likely N-dealkylation sites (N-methyl/N-ethyl adjacent to an activating group) is 1. The minimum atomic E-state index is -0.629. The van der Waals surface area contributed by atoms with Crippen molar-refractivity contribution in [1.29, 1.82) is 0 Å². The summed E-state index contributed by atoms with van der Waals surface area (Å²) < 4.78 is 14.2. The number of aldehydes is 1. The summed E-state index contributed by atoms with van der Waals surface area (Å²) in [5, 5.41) is 5.38. The molecule has 0 spiro atoms. The first kappa shape index (κ1) is 21.1. The topological polar surface area (TPSA) is 58.2 Å². The summed E-state index contributed by atoms with van der Waals surface area (Å²) in [6.45, 7) is 10.0. The highest BCUT2D eigenvalue weighted by Gasteiger charge is 2.20. The first-order valence-electron chi connectivity index (χ1n) is 8.01. The van der Waals surface area contributed by atoms with Crippen molar-refractivity contribution >= 4 is 17.9 Å². The highest BCUT2D eigenvalue weighted by molar-refractivity contribution is 5.84. The van der Waals surface area contributed by atoms with Gasteiger partial charge in [-0.25, -0.2) is 4.39 Å². The fraction of sp³-hybridized carbons (Fsp3) is 0.556. The Labute approximate surface area is 138 Å². The third kappa shape index (κ3) is 6.80. The Morgan fingerprint density at radius 1 is 1.30 bits per heavy atom. The Morgan fingerprint density at radius 2 is 1.91 bits per heavy atom. The molecular weight excluding hydrogens is 295 g/mol. The van der Waals surface area contributed by atoms with Crippen LogP contribution >= 0.6 is 0 Å². The summed E-state index contributed by atoms with van der Waals surface area (Å²) in [7, 11) is 1.51. The lowest BCUT2D eigenvalue weighted by molar-refractivity contribution is -0.121. The molecule has 2 N–H and O–H groups in total. The van der Waals surface area contributed by atoms with E-state index < -0.39 is 11.9 Å². The second-order valence-electron chi connectivity index (χ2n) is 6.00. The van der Waals surface area contributed by atoms with E-state index in [1.807, 2.05) is 40.7 Å². The highest BCUT2D eigenvalue weighted by Crippen LogP contribution is 2.26. The Hall–Kier alpha value is -1.91. The van der Waals surface area contributed by atoms with Crippen LogP contribution in [-0.4, -0.2) is 25.3 Å². The number of hydrogen-bond donors (Lipinski definition) is 2. The van der Waals surface area contributed by atoms with Gasteiger partial charge in [0.1, 0.15) is 18.1 Å². The number of halogens is 1. The van der Waals surface area contributed by atoms with E-state index in [1.165, 1.54) is 13.1 Å². The van der Waals surface area contributed by atoms with E-state index in [9.17, 15) is 14.0 Å². The van der Waals surface area contributed by atoms with Crippen molar-refractivity contribution in [3.63, 3.8) is 0 Å². The van der Waals surface area contributed by atoms with Gasteiger partial charge in [-0.2, -0.15) is 0 Å². The third-order valence-electron chi connectivity index (χ3n) is 3.30. The van der Waals surface area contributed by atoms with Crippen LogP contribution in [0.5, 0.6) is 0 Å². The number of anilines is 1. The second-order valence-corrected chi connectivity index (χ2v) is 6.00. The van der Waals surface area contributed by atoms with Crippen LogP contribution < -0.4 is 10.6 Å². The molecule has 0 aliphatic heterocycles. The van der Waals surface area contributed by atoms with Gasteiger partial charge < -0.3 is 15.4 Å². The third-order valence-corrected chi connectivity index (χ3v) is 3.30. The fourth-order valence-corrected chi connectivity index (χ4v) is 1.96. The molecule has 1 rings (SSSR count). The Bertz CT molecular complexity index is 510. The van der Waals surface area contributed by atoms with E-state index in [0.29, 0.717) is 6.42 Å². The Morgan fingerprint density at radius 3 is 2.35 bits per heavy atom. The molecule has 0 saturated carbocycles. The molecule has 1 atom stereocenters. The summed E-state index contributed by atoms with van der Waals surface area (Å²) in [5.74, 6) is -0.668. The number of amides is 1. The molecule has 1 aromatic carbocycles. The number of carbonyl (C=O) groups excluding carboxylic acids is 2. The smallest absolute Gasteiger partial charge is 0.242 e. The van der Waals surface area contributed by atoms with E-state index in [0.717, 1.165) is 11.8 Å². The first-order chi connectivity index (χ1) is 10.8. The molecule has 0 aliphatic rings. The van der Waals surface area contributed by atoms with E-state index >= 15 is 0 Å². The molecule has 0 saturated heterocycles. The predicted molar refractivity (Wildman–Crippen MR) is 93.2 cm³/mol. The van der Waals surface area contributed by atoms with Gasteiger partial charge in [0.2, 0.25) is 5.91 Å². The van der Waals surface area contributed by atoms with Crippen LogP contribution in [0.4, 0.5) is 10.1 Å². The minimum absolute atomic E-state index is 0.142. The van der Waals surface area contributed by atoms with E-state index in [2.05, 4.69) is 10.6 Å². The summed E-state index contributed by atoms with van der Waals surface area (Å²) >= 11 is 0. The van der Waals surface area contributed by atoms with Crippen LogP contribution in [-0.2, 0) is 15.0 Å². The molecule has 1 unspecified atom stereocenters. The summed E-state index contributed by atoms with van der Waals surface area (Å²) in [4.78, 5) is 22.2. The number of rotatable bonds is 6. The van der Waals surface area contributed by atoms with Crippen LogP contribution in [0, 0.1) is 5.82 Å². The highest BCUT2D eigenvalue weighted by atomic mass is 19.1. The van der Waals surface area contributed by atoms with E-state index in [-0.39, 0.29) is 23.4 Å². The Kier molecular flexibility index (Phi) is 9.15. The van der Waals surface area contributed by atoms with E-state index in [4.69, 9.17) is 0 Å². The zero-order valence-electron chi connectivity index (χ0n) is 15.0. The van der Waals surface area contributed by atoms with Gasteiger partial charge in [-0.05, 0) is 29.5 Å². The van der Waals surface area contributed by atoms with Gasteiger partial charge in [-0.15, -0.1) is 0 Å². The van der Waals surface area contributed by atoms with Crippen LogP contribution in [0.1, 0.15) is 53.0 Å². The molecule has 1 amide bonds. The fourth-order valence-electron chi connectivity index (χ4n) is 1.96. The first-order valence-corrected chi connectivity index (χ1v) is 8.01. The zero-order valence-corrected chi connectivity index (χ0v) is 15.0. The van der Waals surface area contributed by atoms with Crippen molar-refractivity contribution in [2.45, 2.75) is 58.9 Å². The lowest BCUT2D eigenvalue weighted by atomic mass is 9.87. The van der Waals surface area contributed by atoms with Crippen molar-refractivity contribution in [1.82, 2.24) is 5.32 Å².